The van der Waals surface area contributed by atoms with E-state index in [0.29, 0.717) is 0 Å². The van der Waals surface area contributed by atoms with Crippen molar-refractivity contribution in [2.45, 2.75) is 13.8 Å². The summed E-state index contributed by atoms with van der Waals surface area (Å²) < 4.78 is 12.7. The second-order valence-corrected chi connectivity index (χ2v) is 2.28. The Bertz CT molecular complexity index is 200. The molecular formula is C8H13FN2. The normalized spacial score (nSPS) is 10.7. The minimum atomic E-state index is -0.436. The molecule has 0 bridgehead atoms. The Balaban J connectivity index is 4.23. The predicted molar refractivity (Wildman–Crippen MR) is 46.2 cm³/mol. The van der Waals surface area contributed by atoms with Gasteiger partial charge in [0.05, 0.1) is 11.9 Å². The molecule has 0 atom stereocenters. The number of hydrogen-bond donors (Lipinski definition) is 1. The lowest BCUT2D eigenvalue weighted by Crippen LogP contribution is -2.04. The Kier molecular flexibility index (Phi) is 4.18. The van der Waals surface area contributed by atoms with E-state index in [1.165, 1.54) is 0 Å². The molecule has 0 aromatic heterocycles. The van der Waals surface area contributed by atoms with Gasteiger partial charge in [-0.3, -0.25) is 4.99 Å². The molecule has 0 saturated carbocycles. The highest BCUT2D eigenvalue weighted by Gasteiger charge is 1.95. The Morgan fingerprint density at radius 3 is 2.45 bits per heavy atom. The van der Waals surface area contributed by atoms with Gasteiger partial charge in [-0.05, 0) is 13.8 Å². The molecule has 3 heteroatoms. The first-order chi connectivity index (χ1) is 5.07. The van der Waals surface area contributed by atoms with Gasteiger partial charge in [-0.15, -0.1) is 0 Å². The zero-order valence-corrected chi connectivity index (χ0v) is 7.11. The Morgan fingerprint density at radius 1 is 1.55 bits per heavy atom. The van der Waals surface area contributed by atoms with Crippen molar-refractivity contribution >= 4 is 5.71 Å². The van der Waals surface area contributed by atoms with Crippen LogP contribution in [-0.4, -0.2) is 12.8 Å². The van der Waals surface area contributed by atoms with Gasteiger partial charge >= 0.3 is 0 Å². The molecule has 0 rings (SSSR count). The molecule has 62 valence electrons. The number of halogens is 1. The Hall–Kier alpha value is -1.12. The summed E-state index contributed by atoms with van der Waals surface area (Å²) in [5.41, 5.74) is 1.05. The molecule has 0 spiro atoms. The lowest BCUT2D eigenvalue weighted by Gasteiger charge is -1.98. The predicted octanol–water partition coefficient (Wildman–Crippen LogP) is 2.01. The average Bonchev–Trinajstić information content (AvgIpc) is 1.98. The number of nitrogens with one attached hydrogen (secondary N) is 1. The summed E-state index contributed by atoms with van der Waals surface area (Å²) in [7, 11) is 1.61. The van der Waals surface area contributed by atoms with Crippen LogP contribution in [0.25, 0.3) is 0 Å². The van der Waals surface area contributed by atoms with Crippen LogP contribution in [-0.2, 0) is 0 Å². The van der Waals surface area contributed by atoms with E-state index in [1.54, 1.807) is 20.9 Å². The summed E-state index contributed by atoms with van der Waals surface area (Å²) in [6.45, 7) is 7.02. The first-order valence-corrected chi connectivity index (χ1v) is 3.31. The van der Waals surface area contributed by atoms with Crippen LogP contribution in [0, 0.1) is 0 Å². The van der Waals surface area contributed by atoms with Crippen LogP contribution < -0.4 is 5.32 Å². The molecule has 0 fully saturated rings. The maximum Gasteiger partial charge on any atom is 0.163 e. The third-order valence-corrected chi connectivity index (χ3v) is 1.03. The number of nitrogens with zero attached hydrogens (tertiary/aromatic N) is 1. The second-order valence-electron chi connectivity index (χ2n) is 2.28. The maximum atomic E-state index is 12.7. The lowest BCUT2D eigenvalue weighted by atomic mass is 10.4. The van der Waals surface area contributed by atoms with Gasteiger partial charge in [-0.25, -0.2) is 4.39 Å². The first kappa shape index (κ1) is 9.88. The monoisotopic (exact) mass is 156 g/mol. The fraction of sp³-hybridized carbons (Fsp3) is 0.375. The van der Waals surface area contributed by atoms with Gasteiger partial charge in [0.1, 0.15) is 0 Å². The standard InChI is InChI=1S/C8H13FN2/c1-6(2)11-5-8(9)7(3)10-4/h5,10H,3H2,1-2,4H3/b8-5+. The number of rotatable bonds is 3. The number of hydrogen-bond acceptors (Lipinski definition) is 2. The van der Waals surface area contributed by atoms with Gasteiger partial charge in [0.15, 0.2) is 5.83 Å². The van der Waals surface area contributed by atoms with Crippen molar-refractivity contribution in [3.8, 4) is 0 Å². The molecule has 0 heterocycles. The molecule has 0 aliphatic heterocycles. The van der Waals surface area contributed by atoms with Crippen molar-refractivity contribution in [3.63, 3.8) is 0 Å². The average molecular weight is 156 g/mol. The van der Waals surface area contributed by atoms with Gasteiger partial charge in [-0.2, -0.15) is 0 Å². The van der Waals surface area contributed by atoms with Crippen molar-refractivity contribution < 1.29 is 4.39 Å². The summed E-state index contributed by atoms with van der Waals surface area (Å²) in [6, 6.07) is 0. The van der Waals surface area contributed by atoms with Crippen LogP contribution in [0.4, 0.5) is 4.39 Å². The fourth-order valence-corrected chi connectivity index (χ4v) is 0.383. The van der Waals surface area contributed by atoms with Crippen LogP contribution >= 0.6 is 0 Å². The van der Waals surface area contributed by atoms with E-state index in [-0.39, 0.29) is 5.70 Å². The molecule has 0 aliphatic carbocycles. The molecule has 0 radical (unpaired) electrons. The molecule has 0 amide bonds. The first-order valence-electron chi connectivity index (χ1n) is 3.31. The van der Waals surface area contributed by atoms with Gasteiger partial charge in [-0.1, -0.05) is 6.58 Å². The van der Waals surface area contributed by atoms with Gasteiger partial charge in [0, 0.05) is 12.8 Å². The third kappa shape index (κ3) is 4.31. The van der Waals surface area contributed by atoms with E-state index in [4.69, 9.17) is 0 Å². The lowest BCUT2D eigenvalue weighted by molar-refractivity contribution is 0.632. The van der Waals surface area contributed by atoms with E-state index in [2.05, 4.69) is 16.9 Å². The highest BCUT2D eigenvalue weighted by Crippen LogP contribution is 2.04. The Labute approximate surface area is 66.5 Å². The molecule has 2 nitrogen and oxygen atoms in total. The number of likely N-dealkylation sites (N-methyl/N-ethyl adjacent to an activating group) is 1. The van der Waals surface area contributed by atoms with E-state index < -0.39 is 5.83 Å². The highest BCUT2D eigenvalue weighted by molar-refractivity contribution is 5.79. The molecule has 0 aromatic rings. The topological polar surface area (TPSA) is 24.4 Å². The van der Waals surface area contributed by atoms with Gasteiger partial charge in [0.25, 0.3) is 0 Å². The van der Waals surface area contributed by atoms with E-state index in [9.17, 15) is 4.39 Å². The van der Waals surface area contributed by atoms with Gasteiger partial charge < -0.3 is 5.32 Å². The summed E-state index contributed by atoms with van der Waals surface area (Å²) in [4.78, 5) is 3.77. The number of allylic oxidation sites excluding steroid dienone is 1. The molecule has 1 N–H and O–H groups in total. The van der Waals surface area contributed by atoms with Crippen molar-refractivity contribution in [2.75, 3.05) is 7.05 Å². The Morgan fingerprint density at radius 2 is 2.09 bits per heavy atom. The highest BCUT2D eigenvalue weighted by atomic mass is 19.1. The molecule has 11 heavy (non-hydrogen) atoms. The van der Waals surface area contributed by atoms with Crippen LogP contribution in [0.15, 0.2) is 29.3 Å². The SMILES string of the molecule is C=C(NC)/C(F)=C\N=C(C)C. The minimum absolute atomic E-state index is 0.245. The maximum absolute atomic E-state index is 12.7. The zero-order chi connectivity index (χ0) is 8.85. The van der Waals surface area contributed by atoms with Crippen LogP contribution in [0.3, 0.4) is 0 Å². The molecule has 0 saturated heterocycles. The zero-order valence-electron chi connectivity index (χ0n) is 7.11. The van der Waals surface area contributed by atoms with Crippen LogP contribution in [0.2, 0.25) is 0 Å². The summed E-state index contributed by atoms with van der Waals surface area (Å²) in [5.74, 6) is -0.436. The minimum Gasteiger partial charge on any atom is -0.386 e. The largest absolute Gasteiger partial charge is 0.386 e. The van der Waals surface area contributed by atoms with E-state index in [1.807, 2.05) is 0 Å². The summed E-state index contributed by atoms with van der Waals surface area (Å²) in [6.07, 6.45) is 1.15. The second kappa shape index (κ2) is 4.66. The van der Waals surface area contributed by atoms with Crippen molar-refractivity contribution in [1.29, 1.82) is 0 Å². The summed E-state index contributed by atoms with van der Waals surface area (Å²) >= 11 is 0. The van der Waals surface area contributed by atoms with Crippen LogP contribution in [0.1, 0.15) is 13.8 Å². The molecule has 0 aromatic carbocycles. The van der Waals surface area contributed by atoms with Gasteiger partial charge in [0.2, 0.25) is 0 Å². The van der Waals surface area contributed by atoms with E-state index >= 15 is 0 Å². The third-order valence-electron chi connectivity index (χ3n) is 1.03. The molecule has 0 unspecified atom stereocenters. The fourth-order valence-electron chi connectivity index (χ4n) is 0.383. The smallest absolute Gasteiger partial charge is 0.163 e. The van der Waals surface area contributed by atoms with Crippen molar-refractivity contribution in [2.24, 2.45) is 4.99 Å². The van der Waals surface area contributed by atoms with Crippen LogP contribution in [0.5, 0.6) is 0 Å². The van der Waals surface area contributed by atoms with Crippen molar-refractivity contribution in [1.82, 2.24) is 5.32 Å². The quantitative estimate of drug-likeness (QED) is 0.490. The molecule has 0 aliphatic rings. The number of aliphatic imine (C=N–C) groups is 1. The van der Waals surface area contributed by atoms with E-state index in [0.717, 1.165) is 11.9 Å². The summed E-state index contributed by atoms with van der Waals surface area (Å²) in [5, 5.41) is 2.58. The molecular weight excluding hydrogens is 143 g/mol. The van der Waals surface area contributed by atoms with Crippen molar-refractivity contribution in [3.05, 3.63) is 24.3 Å².